The molecule has 166 valence electrons. The fourth-order valence-electron chi connectivity index (χ4n) is 2.25. The van der Waals surface area contributed by atoms with Crippen molar-refractivity contribution in [3.05, 3.63) is 0 Å². The van der Waals surface area contributed by atoms with Crippen LogP contribution in [0.1, 0.15) is 19.3 Å². The van der Waals surface area contributed by atoms with E-state index >= 15 is 0 Å². The van der Waals surface area contributed by atoms with Crippen LogP contribution in [0.4, 0.5) is 0 Å². The molecule has 0 aromatic carbocycles. The Morgan fingerprint density at radius 1 is 1.25 bits per heavy atom. The van der Waals surface area contributed by atoms with Crippen molar-refractivity contribution >= 4 is 38.0 Å². The first-order chi connectivity index (χ1) is 12.9. The number of oxime groups is 1. The second-order valence-electron chi connectivity index (χ2n) is 6.06. The maximum absolute atomic E-state index is 11.1. The predicted octanol–water partition coefficient (Wildman–Crippen LogP) is -2.44. The zero-order valence-corrected chi connectivity index (χ0v) is 17.3. The van der Waals surface area contributed by atoms with E-state index in [1.807, 2.05) is 0 Å². The van der Waals surface area contributed by atoms with Crippen LogP contribution in [0.25, 0.3) is 0 Å². The number of thioether (sulfide) groups is 1. The van der Waals surface area contributed by atoms with Crippen LogP contribution in [0.2, 0.25) is 0 Å². The quantitative estimate of drug-likeness (QED) is 0.0858. The lowest BCUT2D eigenvalue weighted by Crippen LogP contribution is -2.57. The van der Waals surface area contributed by atoms with Crippen molar-refractivity contribution in [1.29, 1.82) is 0 Å². The molecule has 0 amide bonds. The first-order valence-electron chi connectivity index (χ1n) is 8.12. The molecular formula is C13H25NO11S3. The highest BCUT2D eigenvalue weighted by Gasteiger charge is 2.44. The molecule has 1 aliphatic rings. The summed E-state index contributed by atoms with van der Waals surface area (Å²) >= 11 is 0.630. The van der Waals surface area contributed by atoms with Gasteiger partial charge in [0.05, 0.1) is 12.7 Å². The Bertz CT molecular complexity index is 642. The predicted molar refractivity (Wildman–Crippen MR) is 100 cm³/mol. The summed E-state index contributed by atoms with van der Waals surface area (Å²) in [6.07, 6.45) is -5.16. The van der Waals surface area contributed by atoms with E-state index in [2.05, 4.69) is 9.44 Å². The van der Waals surface area contributed by atoms with Crippen molar-refractivity contribution in [1.82, 2.24) is 0 Å². The molecule has 0 radical (unpaired) electrons. The summed E-state index contributed by atoms with van der Waals surface area (Å²) in [5.41, 5.74) is -1.25. The Kier molecular flexibility index (Phi) is 10.8. The van der Waals surface area contributed by atoms with Crippen molar-refractivity contribution in [3.63, 3.8) is 0 Å². The van der Waals surface area contributed by atoms with Crippen LogP contribution in [-0.2, 0) is 30.2 Å². The van der Waals surface area contributed by atoms with Crippen LogP contribution in [0.5, 0.6) is 0 Å². The van der Waals surface area contributed by atoms with Gasteiger partial charge in [0.25, 0.3) is 0 Å². The summed E-state index contributed by atoms with van der Waals surface area (Å²) in [7, 11) is -6.00. The lowest BCUT2D eigenvalue weighted by Gasteiger charge is -2.39. The van der Waals surface area contributed by atoms with E-state index in [-0.39, 0.29) is 30.1 Å². The summed E-state index contributed by atoms with van der Waals surface area (Å²) in [6.45, 7) is -0.650. The number of rotatable bonds is 10. The van der Waals surface area contributed by atoms with E-state index in [1.165, 1.54) is 6.26 Å². The first kappa shape index (κ1) is 25.7. The maximum atomic E-state index is 11.1. The van der Waals surface area contributed by atoms with E-state index < -0.39 is 63.8 Å². The average molecular weight is 468 g/mol. The number of hydrogen-bond acceptors (Lipinski definition) is 12. The van der Waals surface area contributed by atoms with Crippen LogP contribution in [-0.4, -0.2) is 102 Å². The summed E-state index contributed by atoms with van der Waals surface area (Å²) in [5.74, 6) is 0.259. The Balaban J connectivity index is 2.83. The Labute approximate surface area is 168 Å². The molecule has 6 N–H and O–H groups in total. The van der Waals surface area contributed by atoms with Gasteiger partial charge in [0.15, 0.2) is 0 Å². The average Bonchev–Trinajstić information content (AvgIpc) is 2.61. The minimum Gasteiger partial charge on any atom is -0.394 e. The van der Waals surface area contributed by atoms with E-state index in [0.29, 0.717) is 11.8 Å². The smallest absolute Gasteiger partial charge is 0.394 e. The van der Waals surface area contributed by atoms with Gasteiger partial charge >= 0.3 is 10.4 Å². The van der Waals surface area contributed by atoms with Crippen molar-refractivity contribution in [2.24, 2.45) is 5.16 Å². The minimum atomic E-state index is -4.90. The highest BCUT2D eigenvalue weighted by Crippen LogP contribution is 2.30. The first-order valence-corrected chi connectivity index (χ1v) is 12.1. The largest absolute Gasteiger partial charge is 0.466 e. The van der Waals surface area contributed by atoms with E-state index in [4.69, 9.17) is 9.29 Å². The third-order valence-electron chi connectivity index (χ3n) is 3.76. The Morgan fingerprint density at radius 3 is 2.43 bits per heavy atom. The number of aliphatic hydroxyl groups excluding tert-OH is 5. The molecule has 0 aliphatic carbocycles. The fourth-order valence-corrected chi connectivity index (χ4v) is 4.17. The van der Waals surface area contributed by atoms with Gasteiger partial charge in [-0.2, -0.15) is 8.42 Å². The van der Waals surface area contributed by atoms with Gasteiger partial charge in [-0.1, -0.05) is 16.9 Å². The zero-order valence-electron chi connectivity index (χ0n) is 14.9. The third-order valence-corrected chi connectivity index (χ3v) is 6.01. The van der Waals surface area contributed by atoms with Crippen molar-refractivity contribution in [2.45, 2.75) is 55.2 Å². The standard InChI is InChI=1S/C13H25NO11S3/c1-27(20)5-4-7(16)2-3-9(14-25-28(21,22)23)26-13-12(19)11(18)10(17)8(6-15)24-13/h7-8,10-13,15-19H,2-6H2,1H3,(H,21,22,23)/b14-9-/t7-,8+,10+,11-,12+,13-,27-/m0/s1. The SMILES string of the molecule is C[S@](=O)CC[C@@H](O)CC/C(=N/OS(=O)(=O)O)S[C@@H]1O[C@H](CO)[C@@H](O)[C@H](O)[C@H]1O. The van der Waals surface area contributed by atoms with Gasteiger partial charge in [-0.3, -0.25) is 8.76 Å². The third kappa shape index (κ3) is 8.98. The van der Waals surface area contributed by atoms with Crippen molar-refractivity contribution < 1.29 is 51.7 Å². The minimum absolute atomic E-state index is 0.0628. The summed E-state index contributed by atoms with van der Waals surface area (Å²) < 4.78 is 50.5. The molecule has 28 heavy (non-hydrogen) atoms. The van der Waals surface area contributed by atoms with E-state index in [0.717, 1.165) is 0 Å². The molecule has 0 spiro atoms. The molecule has 1 rings (SSSR count). The van der Waals surface area contributed by atoms with E-state index in [1.54, 1.807) is 0 Å². The molecule has 7 atom stereocenters. The summed E-state index contributed by atoms with van der Waals surface area (Å²) in [4.78, 5) is 0. The van der Waals surface area contributed by atoms with Crippen molar-refractivity contribution in [2.75, 3.05) is 18.6 Å². The Hall–Kier alpha value is -0.360. The van der Waals surface area contributed by atoms with Crippen LogP contribution in [0, 0.1) is 0 Å². The molecule has 12 nitrogen and oxygen atoms in total. The van der Waals surface area contributed by atoms with Crippen LogP contribution < -0.4 is 0 Å². The van der Waals surface area contributed by atoms with Crippen LogP contribution in [0.3, 0.4) is 0 Å². The fraction of sp³-hybridized carbons (Fsp3) is 0.923. The molecule has 0 bridgehead atoms. The lowest BCUT2D eigenvalue weighted by atomic mass is 10.0. The molecule has 0 aromatic heterocycles. The molecule has 1 heterocycles. The van der Waals surface area contributed by atoms with Crippen LogP contribution in [0.15, 0.2) is 5.16 Å². The lowest BCUT2D eigenvalue weighted by molar-refractivity contribution is -0.205. The second-order valence-corrected chi connectivity index (χ2v) is 9.79. The van der Waals surface area contributed by atoms with Gasteiger partial charge in [0.1, 0.15) is 34.9 Å². The Morgan fingerprint density at radius 2 is 1.89 bits per heavy atom. The molecular weight excluding hydrogens is 442 g/mol. The van der Waals surface area contributed by atoms with E-state index in [9.17, 15) is 38.2 Å². The zero-order chi connectivity index (χ0) is 21.5. The highest BCUT2D eigenvalue weighted by atomic mass is 32.3. The normalized spacial score (nSPS) is 31.4. The molecule has 0 unspecified atom stereocenters. The molecule has 15 heteroatoms. The van der Waals surface area contributed by atoms with Gasteiger partial charge in [0.2, 0.25) is 0 Å². The maximum Gasteiger partial charge on any atom is 0.466 e. The molecule has 1 saturated heterocycles. The number of nitrogens with zero attached hydrogens (tertiary/aromatic N) is 1. The van der Waals surface area contributed by atoms with Gasteiger partial charge in [-0.15, -0.1) is 0 Å². The topological polar surface area (TPSA) is 203 Å². The number of ether oxygens (including phenoxy) is 1. The van der Waals surface area contributed by atoms with Gasteiger partial charge in [-0.25, -0.2) is 4.28 Å². The highest BCUT2D eigenvalue weighted by molar-refractivity contribution is 8.14. The number of hydrogen-bond donors (Lipinski definition) is 6. The molecule has 0 aromatic rings. The molecule has 1 fully saturated rings. The van der Waals surface area contributed by atoms with Crippen molar-refractivity contribution in [3.8, 4) is 0 Å². The van der Waals surface area contributed by atoms with Gasteiger partial charge in [0, 0.05) is 29.2 Å². The summed E-state index contributed by atoms with van der Waals surface area (Å²) in [6, 6.07) is 0. The monoisotopic (exact) mass is 467 g/mol. The van der Waals surface area contributed by atoms with Crippen LogP contribution >= 0.6 is 11.8 Å². The molecule has 0 saturated carbocycles. The van der Waals surface area contributed by atoms with Gasteiger partial charge in [-0.05, 0) is 12.8 Å². The summed E-state index contributed by atoms with van der Waals surface area (Å²) in [5, 5.41) is 51.8. The van der Waals surface area contributed by atoms with Gasteiger partial charge < -0.3 is 30.3 Å². The molecule has 1 aliphatic heterocycles. The second kappa shape index (κ2) is 11.7. The number of aliphatic hydroxyl groups is 5.